The van der Waals surface area contributed by atoms with Crippen molar-refractivity contribution in [2.45, 2.75) is 18.9 Å². The zero-order chi connectivity index (χ0) is 18.6. The summed E-state index contributed by atoms with van der Waals surface area (Å²) in [5, 5.41) is 1.06. The van der Waals surface area contributed by atoms with Gasteiger partial charge in [0, 0.05) is 43.1 Å². The first-order valence-corrected chi connectivity index (χ1v) is 9.16. The molecule has 0 N–H and O–H groups in total. The number of carbonyl (C=O) groups excluding carboxylic acids is 1. The van der Waals surface area contributed by atoms with E-state index in [1.807, 2.05) is 36.4 Å². The van der Waals surface area contributed by atoms with Crippen LogP contribution in [-0.2, 0) is 4.79 Å². The number of ether oxygens (including phenoxy) is 2. The largest absolute Gasteiger partial charge is 0.494 e. The molecule has 0 bridgehead atoms. The highest BCUT2D eigenvalue weighted by atomic mass is 16.5. The summed E-state index contributed by atoms with van der Waals surface area (Å²) in [6.07, 6.45) is 4.58. The molecule has 3 aromatic rings. The van der Waals surface area contributed by atoms with Crippen molar-refractivity contribution >= 4 is 17.3 Å². The van der Waals surface area contributed by atoms with Crippen molar-refractivity contribution in [1.82, 2.24) is 9.88 Å². The molecule has 1 aliphatic heterocycles. The summed E-state index contributed by atoms with van der Waals surface area (Å²) in [6, 6.07) is 16.1. The van der Waals surface area contributed by atoms with Crippen LogP contribution in [0.1, 0.15) is 12.8 Å². The molecule has 0 radical (unpaired) electrons. The Morgan fingerprint density at radius 1 is 1.07 bits per heavy atom. The molecule has 4 rings (SSSR count). The number of methoxy groups -OCH3 is 1. The van der Waals surface area contributed by atoms with E-state index in [2.05, 4.69) is 17.1 Å². The molecule has 1 aromatic heterocycles. The summed E-state index contributed by atoms with van der Waals surface area (Å²) in [4.78, 5) is 17.1. The van der Waals surface area contributed by atoms with Gasteiger partial charge in [-0.2, -0.15) is 0 Å². The van der Waals surface area contributed by atoms with Crippen molar-refractivity contribution in [3.8, 4) is 22.6 Å². The third kappa shape index (κ3) is 3.58. The molecule has 0 unspecified atom stereocenters. The number of rotatable bonds is 5. The first-order valence-electron chi connectivity index (χ1n) is 9.16. The Kier molecular flexibility index (Phi) is 4.92. The maximum absolute atomic E-state index is 10.8. The second kappa shape index (κ2) is 7.66. The van der Waals surface area contributed by atoms with Crippen molar-refractivity contribution in [1.29, 1.82) is 0 Å². The van der Waals surface area contributed by atoms with Gasteiger partial charge in [0.1, 0.15) is 17.4 Å². The molecule has 27 heavy (non-hydrogen) atoms. The lowest BCUT2D eigenvalue weighted by Gasteiger charge is -2.29. The first kappa shape index (κ1) is 17.3. The summed E-state index contributed by atoms with van der Waals surface area (Å²) < 4.78 is 11.7. The zero-order valence-electron chi connectivity index (χ0n) is 15.3. The molecule has 0 atom stereocenters. The number of carbonyl (C=O) groups is 1. The molecule has 0 spiro atoms. The fourth-order valence-electron chi connectivity index (χ4n) is 3.56. The molecule has 2 aromatic carbocycles. The minimum Gasteiger partial charge on any atom is -0.494 e. The van der Waals surface area contributed by atoms with Gasteiger partial charge in [-0.25, -0.2) is 0 Å². The normalized spacial score (nSPS) is 14.9. The van der Waals surface area contributed by atoms with Gasteiger partial charge in [0.15, 0.2) is 5.75 Å². The Bertz CT molecular complexity index is 932. The van der Waals surface area contributed by atoms with E-state index in [1.165, 1.54) is 0 Å². The molecule has 1 aliphatic rings. The number of fused-ring (bicyclic) bond motifs is 1. The topological polar surface area (TPSA) is 51.7 Å². The Hall–Kier alpha value is -3.08. The van der Waals surface area contributed by atoms with Crippen LogP contribution in [0.2, 0.25) is 0 Å². The Balaban J connectivity index is 1.54. The lowest BCUT2D eigenvalue weighted by molar-refractivity contribution is -0.119. The molecule has 2 heterocycles. The highest BCUT2D eigenvalue weighted by Crippen LogP contribution is 2.36. The summed E-state index contributed by atoms with van der Waals surface area (Å²) in [5.41, 5.74) is 2.93. The number of hydrogen-bond donors (Lipinski definition) is 0. The molecular formula is C22H22N2O3. The van der Waals surface area contributed by atoms with Gasteiger partial charge in [-0.3, -0.25) is 9.78 Å². The monoisotopic (exact) mass is 362 g/mol. The minimum absolute atomic E-state index is 0.159. The molecule has 1 fully saturated rings. The van der Waals surface area contributed by atoms with Crippen LogP contribution in [0, 0.1) is 0 Å². The maximum Gasteiger partial charge on any atom is 0.209 e. The van der Waals surface area contributed by atoms with Gasteiger partial charge in [0.2, 0.25) is 6.41 Å². The lowest BCUT2D eigenvalue weighted by atomic mass is 10.0. The van der Waals surface area contributed by atoms with E-state index in [0.29, 0.717) is 0 Å². The van der Waals surface area contributed by atoms with E-state index in [1.54, 1.807) is 18.2 Å². The maximum atomic E-state index is 10.8. The number of piperidine rings is 1. The quantitative estimate of drug-likeness (QED) is 0.646. The number of amides is 1. The van der Waals surface area contributed by atoms with E-state index in [0.717, 1.165) is 65.9 Å². The fourth-order valence-corrected chi connectivity index (χ4v) is 3.56. The minimum atomic E-state index is 0.159. The summed E-state index contributed by atoms with van der Waals surface area (Å²) in [7, 11) is 1.68. The molecule has 0 saturated carbocycles. The van der Waals surface area contributed by atoms with Crippen molar-refractivity contribution < 1.29 is 14.3 Å². The molecular weight excluding hydrogens is 340 g/mol. The lowest BCUT2D eigenvalue weighted by Crippen LogP contribution is -2.37. The van der Waals surface area contributed by atoms with E-state index in [9.17, 15) is 4.79 Å². The fraction of sp³-hybridized carbons (Fsp3) is 0.273. The van der Waals surface area contributed by atoms with Gasteiger partial charge in [-0.1, -0.05) is 24.3 Å². The van der Waals surface area contributed by atoms with Gasteiger partial charge >= 0.3 is 0 Å². The van der Waals surface area contributed by atoms with Crippen LogP contribution >= 0.6 is 0 Å². The third-order valence-corrected chi connectivity index (χ3v) is 5.03. The average molecular weight is 362 g/mol. The summed E-state index contributed by atoms with van der Waals surface area (Å²) in [6.45, 7) is 1.51. The Morgan fingerprint density at radius 2 is 1.85 bits per heavy atom. The zero-order valence-corrected chi connectivity index (χ0v) is 15.3. The number of likely N-dealkylation sites (tertiary alicyclic amines) is 1. The second-order valence-corrected chi connectivity index (χ2v) is 6.70. The summed E-state index contributed by atoms with van der Waals surface area (Å²) in [5.74, 6) is 1.63. The number of pyridine rings is 1. The SMILES string of the molecule is COc1c(-c2ccc(OC3CCN(C=O)CC3)cc2)ccc2cccnc12. The average Bonchev–Trinajstić information content (AvgIpc) is 2.74. The van der Waals surface area contributed by atoms with Crippen LogP contribution in [-0.4, -0.2) is 42.6 Å². The number of aromatic nitrogens is 1. The van der Waals surface area contributed by atoms with Crippen LogP contribution < -0.4 is 9.47 Å². The smallest absolute Gasteiger partial charge is 0.209 e. The Labute approximate surface area is 158 Å². The third-order valence-electron chi connectivity index (χ3n) is 5.03. The van der Waals surface area contributed by atoms with Crippen molar-refractivity contribution in [3.05, 3.63) is 54.7 Å². The predicted molar refractivity (Wildman–Crippen MR) is 105 cm³/mol. The van der Waals surface area contributed by atoms with Gasteiger partial charge in [-0.15, -0.1) is 0 Å². The second-order valence-electron chi connectivity index (χ2n) is 6.70. The van der Waals surface area contributed by atoms with Crippen molar-refractivity contribution in [2.75, 3.05) is 20.2 Å². The molecule has 1 amide bonds. The van der Waals surface area contributed by atoms with Gasteiger partial charge in [0.25, 0.3) is 0 Å². The number of benzene rings is 2. The number of hydrogen-bond acceptors (Lipinski definition) is 4. The van der Waals surface area contributed by atoms with Gasteiger partial charge in [-0.05, 0) is 29.8 Å². The molecule has 1 saturated heterocycles. The van der Waals surface area contributed by atoms with E-state index in [-0.39, 0.29) is 6.10 Å². The van der Waals surface area contributed by atoms with Gasteiger partial charge < -0.3 is 14.4 Å². The van der Waals surface area contributed by atoms with Crippen LogP contribution in [0.3, 0.4) is 0 Å². The van der Waals surface area contributed by atoms with Crippen LogP contribution in [0.5, 0.6) is 11.5 Å². The molecule has 5 nitrogen and oxygen atoms in total. The van der Waals surface area contributed by atoms with Crippen LogP contribution in [0.15, 0.2) is 54.7 Å². The van der Waals surface area contributed by atoms with Crippen LogP contribution in [0.4, 0.5) is 0 Å². The predicted octanol–water partition coefficient (Wildman–Crippen LogP) is 3.91. The highest BCUT2D eigenvalue weighted by Gasteiger charge is 2.19. The first-order chi connectivity index (χ1) is 13.3. The Morgan fingerprint density at radius 3 is 2.56 bits per heavy atom. The van der Waals surface area contributed by atoms with E-state index >= 15 is 0 Å². The highest BCUT2D eigenvalue weighted by molar-refractivity contribution is 5.92. The standard InChI is InChI=1S/C22H22N2O3/c1-26-22-20(9-6-17-3-2-12-23-21(17)22)16-4-7-18(8-5-16)27-19-10-13-24(15-25)14-11-19/h2-9,12,15,19H,10-11,13-14H2,1H3. The van der Waals surface area contributed by atoms with E-state index < -0.39 is 0 Å². The number of nitrogens with zero attached hydrogens (tertiary/aromatic N) is 2. The molecule has 138 valence electrons. The van der Waals surface area contributed by atoms with Crippen LogP contribution in [0.25, 0.3) is 22.0 Å². The molecule has 5 heteroatoms. The van der Waals surface area contributed by atoms with E-state index in [4.69, 9.17) is 9.47 Å². The van der Waals surface area contributed by atoms with Crippen molar-refractivity contribution in [3.63, 3.8) is 0 Å². The van der Waals surface area contributed by atoms with Crippen molar-refractivity contribution in [2.24, 2.45) is 0 Å². The van der Waals surface area contributed by atoms with Gasteiger partial charge in [0.05, 0.1) is 7.11 Å². The summed E-state index contributed by atoms with van der Waals surface area (Å²) >= 11 is 0. The molecule has 0 aliphatic carbocycles.